The number of hydrogen-bond donors (Lipinski definition) is 2. The van der Waals surface area contributed by atoms with Crippen LogP contribution in [0.1, 0.15) is 20.8 Å². The van der Waals surface area contributed by atoms with Gasteiger partial charge >= 0.3 is 5.97 Å². The van der Waals surface area contributed by atoms with E-state index in [0.717, 1.165) is 0 Å². The first-order chi connectivity index (χ1) is 12.0. The van der Waals surface area contributed by atoms with Crippen molar-refractivity contribution in [2.24, 2.45) is 0 Å². The number of rotatable bonds is 4. The molecule has 1 amide bonds. The monoisotopic (exact) mass is 345 g/mol. The highest BCUT2D eigenvalue weighted by Gasteiger charge is 2.18. The van der Waals surface area contributed by atoms with Gasteiger partial charge in [-0.15, -0.1) is 10.2 Å². The maximum absolute atomic E-state index is 13.3. The van der Waals surface area contributed by atoms with Crippen LogP contribution in [0.15, 0.2) is 43.0 Å². The third-order valence-electron chi connectivity index (χ3n) is 3.19. The molecule has 0 aliphatic heterocycles. The topological polar surface area (TPSA) is 110 Å². The van der Waals surface area contributed by atoms with Crippen LogP contribution >= 0.6 is 0 Å². The largest absolute Gasteiger partial charge is 0.478 e. The molecule has 126 valence electrons. The van der Waals surface area contributed by atoms with Crippen LogP contribution in [0, 0.1) is 11.6 Å². The van der Waals surface area contributed by atoms with Crippen molar-refractivity contribution in [1.29, 1.82) is 0 Å². The first-order valence-electron chi connectivity index (χ1n) is 6.81. The van der Waals surface area contributed by atoms with E-state index in [-0.39, 0.29) is 5.69 Å². The fourth-order valence-electron chi connectivity index (χ4n) is 1.99. The number of halogens is 2. The van der Waals surface area contributed by atoms with Gasteiger partial charge in [-0.25, -0.2) is 18.6 Å². The van der Waals surface area contributed by atoms with Gasteiger partial charge in [-0.05, 0) is 18.2 Å². The van der Waals surface area contributed by atoms with Crippen molar-refractivity contribution in [2.45, 2.75) is 0 Å². The highest BCUT2D eigenvalue weighted by atomic mass is 19.2. The van der Waals surface area contributed by atoms with Crippen LogP contribution in [0.3, 0.4) is 0 Å². The van der Waals surface area contributed by atoms with Gasteiger partial charge in [-0.3, -0.25) is 9.36 Å². The van der Waals surface area contributed by atoms with Crippen LogP contribution in [0.25, 0.3) is 5.82 Å². The van der Waals surface area contributed by atoms with Crippen molar-refractivity contribution in [3.63, 3.8) is 0 Å². The highest BCUT2D eigenvalue weighted by molar-refractivity contribution is 6.06. The molecular formula is C15H9F2N5O3. The number of nitrogens with one attached hydrogen (secondary N) is 1. The number of amides is 1. The molecule has 1 aromatic carbocycles. The minimum atomic E-state index is -1.52. The summed E-state index contributed by atoms with van der Waals surface area (Å²) in [6.45, 7) is 0. The van der Waals surface area contributed by atoms with Gasteiger partial charge in [-0.1, -0.05) is 0 Å². The number of aromatic nitrogens is 4. The zero-order valence-corrected chi connectivity index (χ0v) is 12.3. The first kappa shape index (κ1) is 16.2. The summed E-state index contributed by atoms with van der Waals surface area (Å²) in [5, 5.41) is 18.8. The quantitative estimate of drug-likeness (QED) is 0.747. The zero-order valence-electron chi connectivity index (χ0n) is 12.3. The Morgan fingerprint density at radius 2 is 1.88 bits per heavy atom. The fourth-order valence-corrected chi connectivity index (χ4v) is 1.99. The normalized spacial score (nSPS) is 10.5. The Bertz CT molecular complexity index is 943. The Kier molecular flexibility index (Phi) is 4.16. The van der Waals surface area contributed by atoms with Gasteiger partial charge in [0.2, 0.25) is 0 Å². The minimum Gasteiger partial charge on any atom is -0.478 e. The maximum atomic E-state index is 13.3. The summed E-state index contributed by atoms with van der Waals surface area (Å²) < 4.78 is 28.1. The van der Waals surface area contributed by atoms with E-state index in [1.807, 2.05) is 0 Å². The molecule has 0 aliphatic carbocycles. The van der Waals surface area contributed by atoms with E-state index >= 15 is 0 Å². The number of carbonyl (C=O) groups excluding carboxylic acids is 1. The lowest BCUT2D eigenvalue weighted by molar-refractivity contribution is 0.0697. The average molecular weight is 345 g/mol. The van der Waals surface area contributed by atoms with E-state index in [1.54, 1.807) is 17.0 Å². The molecule has 0 spiro atoms. The molecule has 2 aromatic heterocycles. The number of carboxylic acids is 1. The standard InChI is InChI=1S/C15H9F2N5O3/c16-9-5-8(15(24)25)12(6-10(9)17)19-14(23)11-1-2-13(21-20-11)22-4-3-18-7-22/h1-7H,(H,19,23)(H,24,25). The second kappa shape index (κ2) is 6.43. The molecule has 0 aliphatic rings. The molecule has 3 rings (SSSR count). The van der Waals surface area contributed by atoms with Crippen LogP contribution in [0.4, 0.5) is 14.5 Å². The highest BCUT2D eigenvalue weighted by Crippen LogP contribution is 2.21. The zero-order chi connectivity index (χ0) is 18.0. The van der Waals surface area contributed by atoms with Gasteiger partial charge in [-0.2, -0.15) is 0 Å². The summed E-state index contributed by atoms with van der Waals surface area (Å²) in [5.41, 5.74) is -1.11. The van der Waals surface area contributed by atoms with E-state index in [9.17, 15) is 18.4 Å². The van der Waals surface area contributed by atoms with E-state index in [4.69, 9.17) is 5.11 Å². The SMILES string of the molecule is O=C(Nc1cc(F)c(F)cc1C(=O)O)c1ccc(-n2ccnc2)nn1. The predicted octanol–water partition coefficient (Wildman–Crippen LogP) is 1.89. The molecule has 0 saturated carbocycles. The minimum absolute atomic E-state index is 0.134. The number of hydrogen-bond acceptors (Lipinski definition) is 5. The van der Waals surface area contributed by atoms with Crippen molar-refractivity contribution >= 4 is 17.6 Å². The van der Waals surface area contributed by atoms with Crippen LogP contribution in [0.5, 0.6) is 0 Å². The lowest BCUT2D eigenvalue weighted by Crippen LogP contribution is -2.17. The molecule has 2 heterocycles. The van der Waals surface area contributed by atoms with Gasteiger partial charge in [0.1, 0.15) is 6.33 Å². The molecule has 2 N–H and O–H groups in total. The molecule has 0 saturated heterocycles. The molecule has 3 aromatic rings. The Balaban J connectivity index is 1.85. The third-order valence-corrected chi connectivity index (χ3v) is 3.19. The predicted molar refractivity (Wildman–Crippen MR) is 80.4 cm³/mol. The average Bonchev–Trinajstić information content (AvgIpc) is 3.12. The maximum Gasteiger partial charge on any atom is 0.337 e. The summed E-state index contributed by atoms with van der Waals surface area (Å²) in [4.78, 5) is 27.1. The molecular weight excluding hydrogens is 336 g/mol. The molecule has 0 radical (unpaired) electrons. The van der Waals surface area contributed by atoms with Crippen LogP contribution in [0.2, 0.25) is 0 Å². The molecule has 0 unspecified atom stereocenters. The number of carbonyl (C=O) groups is 2. The molecule has 0 fully saturated rings. The van der Waals surface area contributed by atoms with Crippen LogP contribution < -0.4 is 5.32 Å². The van der Waals surface area contributed by atoms with Crippen molar-refractivity contribution < 1.29 is 23.5 Å². The second-order valence-corrected chi connectivity index (χ2v) is 4.82. The molecule has 0 atom stereocenters. The molecule has 8 nitrogen and oxygen atoms in total. The van der Waals surface area contributed by atoms with E-state index in [2.05, 4.69) is 20.5 Å². The fraction of sp³-hybridized carbons (Fsp3) is 0. The Labute approximate surface area is 138 Å². The summed E-state index contributed by atoms with van der Waals surface area (Å²) in [6, 6.07) is 3.91. The third kappa shape index (κ3) is 3.32. The van der Waals surface area contributed by atoms with Crippen molar-refractivity contribution in [3.8, 4) is 5.82 Å². The van der Waals surface area contributed by atoms with Gasteiger partial charge in [0.05, 0.1) is 11.3 Å². The summed E-state index contributed by atoms with van der Waals surface area (Å²) in [5.74, 6) is -4.55. The summed E-state index contributed by atoms with van der Waals surface area (Å²) in [6.07, 6.45) is 4.66. The molecule has 10 heteroatoms. The summed E-state index contributed by atoms with van der Waals surface area (Å²) in [7, 11) is 0. The lowest BCUT2D eigenvalue weighted by Gasteiger charge is -2.09. The van der Waals surface area contributed by atoms with Crippen molar-refractivity contribution in [1.82, 2.24) is 19.7 Å². The number of benzene rings is 1. The van der Waals surface area contributed by atoms with Crippen LogP contribution in [-0.2, 0) is 0 Å². The summed E-state index contributed by atoms with van der Waals surface area (Å²) >= 11 is 0. The Hall–Kier alpha value is -3.69. The van der Waals surface area contributed by atoms with Crippen molar-refractivity contribution in [2.75, 3.05) is 5.32 Å². The number of anilines is 1. The van der Waals surface area contributed by atoms with E-state index in [1.165, 1.54) is 18.5 Å². The number of aromatic carboxylic acids is 1. The Morgan fingerprint density at radius 1 is 1.12 bits per heavy atom. The number of carboxylic acid groups (broad SMARTS) is 1. The van der Waals surface area contributed by atoms with E-state index in [0.29, 0.717) is 18.0 Å². The second-order valence-electron chi connectivity index (χ2n) is 4.82. The Morgan fingerprint density at radius 3 is 2.48 bits per heavy atom. The lowest BCUT2D eigenvalue weighted by atomic mass is 10.1. The van der Waals surface area contributed by atoms with Gasteiger partial charge in [0.15, 0.2) is 23.1 Å². The smallest absolute Gasteiger partial charge is 0.337 e. The number of imidazole rings is 1. The van der Waals surface area contributed by atoms with Crippen LogP contribution in [-0.4, -0.2) is 36.7 Å². The van der Waals surface area contributed by atoms with Crippen molar-refractivity contribution in [3.05, 3.63) is 65.9 Å². The number of nitrogens with zero attached hydrogens (tertiary/aromatic N) is 4. The van der Waals surface area contributed by atoms with E-state index < -0.39 is 34.8 Å². The molecule has 25 heavy (non-hydrogen) atoms. The van der Waals surface area contributed by atoms with Gasteiger partial charge in [0.25, 0.3) is 5.91 Å². The van der Waals surface area contributed by atoms with Gasteiger partial charge < -0.3 is 10.4 Å². The van der Waals surface area contributed by atoms with Gasteiger partial charge in [0, 0.05) is 18.5 Å². The molecule has 0 bridgehead atoms. The first-order valence-corrected chi connectivity index (χ1v) is 6.81.